The van der Waals surface area contributed by atoms with Crippen LogP contribution in [0, 0.1) is 0 Å². The molecule has 1 aliphatic heterocycles. The highest BCUT2D eigenvalue weighted by Gasteiger charge is 2.38. The van der Waals surface area contributed by atoms with Gasteiger partial charge in [0.1, 0.15) is 10.3 Å². The lowest BCUT2D eigenvalue weighted by Crippen LogP contribution is -2.44. The fourth-order valence-electron chi connectivity index (χ4n) is 5.63. The molecule has 9 nitrogen and oxygen atoms in total. The molecule has 1 aliphatic rings. The van der Waals surface area contributed by atoms with Crippen LogP contribution in [0.1, 0.15) is 38.4 Å². The number of pyridine rings is 1. The zero-order valence-corrected chi connectivity index (χ0v) is 26.6. The SMILES string of the molecule is COc1c(C(=O)NC2CCN(Cc3ccccc3)CC2)sc2c1c(=O)n(CC(=O)c1ccccc1)c1ccccc21.O=C(O)C(F)(F)F. The lowest BCUT2D eigenvalue weighted by Gasteiger charge is -2.32. The van der Waals surface area contributed by atoms with Crippen molar-refractivity contribution >= 4 is 50.0 Å². The summed E-state index contributed by atoms with van der Waals surface area (Å²) in [7, 11) is 1.48. The maximum atomic E-state index is 13.9. The maximum Gasteiger partial charge on any atom is 0.490 e. The highest BCUT2D eigenvalue weighted by Crippen LogP contribution is 2.39. The molecule has 0 unspecified atom stereocenters. The van der Waals surface area contributed by atoms with Gasteiger partial charge in [0.15, 0.2) is 11.5 Å². The third-order valence-electron chi connectivity index (χ3n) is 7.99. The van der Waals surface area contributed by atoms with Crippen LogP contribution in [0.4, 0.5) is 13.2 Å². The van der Waals surface area contributed by atoms with E-state index in [1.807, 2.05) is 36.4 Å². The summed E-state index contributed by atoms with van der Waals surface area (Å²) in [5, 5.41) is 11.5. The molecule has 0 bridgehead atoms. The number of nitrogens with one attached hydrogen (secondary N) is 1. The zero-order valence-electron chi connectivity index (χ0n) is 25.8. The van der Waals surface area contributed by atoms with Crippen molar-refractivity contribution in [3.63, 3.8) is 0 Å². The third kappa shape index (κ3) is 7.75. The van der Waals surface area contributed by atoms with Crippen LogP contribution in [0.5, 0.6) is 5.75 Å². The van der Waals surface area contributed by atoms with E-state index in [0.29, 0.717) is 26.0 Å². The molecule has 0 atom stereocenters. The number of nitrogens with zero attached hydrogens (tertiary/aromatic N) is 2. The number of Topliss-reactive ketones (excluding diaryl/α,β-unsaturated/α-hetero) is 1. The van der Waals surface area contributed by atoms with Crippen LogP contribution < -0.4 is 15.6 Å². The summed E-state index contributed by atoms with van der Waals surface area (Å²) in [6, 6.07) is 26.9. The molecule has 5 aromatic rings. The number of carbonyl (C=O) groups excluding carboxylic acids is 2. The van der Waals surface area contributed by atoms with Crippen LogP contribution in [0.3, 0.4) is 0 Å². The number of carboxylic acids is 1. The topological polar surface area (TPSA) is 118 Å². The molecule has 6 rings (SSSR count). The molecule has 0 spiro atoms. The van der Waals surface area contributed by atoms with Crippen LogP contribution in [-0.4, -0.2) is 64.7 Å². The summed E-state index contributed by atoms with van der Waals surface area (Å²) >= 11 is 1.27. The van der Waals surface area contributed by atoms with E-state index in [4.69, 9.17) is 14.6 Å². The number of amides is 1. The van der Waals surface area contributed by atoms with Crippen LogP contribution in [0.2, 0.25) is 0 Å². The number of hydrogen-bond acceptors (Lipinski definition) is 7. The Kier molecular flexibility index (Phi) is 10.6. The summed E-state index contributed by atoms with van der Waals surface area (Å²) in [6.07, 6.45) is -3.38. The molecule has 48 heavy (non-hydrogen) atoms. The van der Waals surface area contributed by atoms with Crippen LogP contribution in [0.15, 0.2) is 89.7 Å². The van der Waals surface area contributed by atoms with Gasteiger partial charge < -0.3 is 15.2 Å². The minimum atomic E-state index is -5.08. The van der Waals surface area contributed by atoms with Crippen molar-refractivity contribution in [3.8, 4) is 5.75 Å². The number of carboxylic acid groups (broad SMARTS) is 1. The van der Waals surface area contributed by atoms with Crippen molar-refractivity contribution in [1.82, 2.24) is 14.8 Å². The number of ketones is 1. The number of rotatable bonds is 8. The van der Waals surface area contributed by atoms with Gasteiger partial charge >= 0.3 is 12.1 Å². The smallest absolute Gasteiger partial charge is 0.490 e. The summed E-state index contributed by atoms with van der Waals surface area (Å²) in [5.41, 5.74) is 2.13. The molecular weight excluding hydrogens is 647 g/mol. The normalized spacial score (nSPS) is 13.9. The molecule has 2 aromatic heterocycles. The molecule has 250 valence electrons. The van der Waals surface area contributed by atoms with Crippen LogP contribution >= 0.6 is 11.3 Å². The number of piperidine rings is 1. The van der Waals surface area contributed by atoms with E-state index >= 15 is 0 Å². The lowest BCUT2D eigenvalue weighted by molar-refractivity contribution is -0.192. The molecule has 2 N–H and O–H groups in total. The highest BCUT2D eigenvalue weighted by atomic mass is 32.1. The van der Waals surface area contributed by atoms with E-state index in [2.05, 4.69) is 34.5 Å². The number of aromatic nitrogens is 1. The van der Waals surface area contributed by atoms with Gasteiger partial charge in [-0.3, -0.25) is 23.9 Å². The number of para-hydroxylation sites is 1. The van der Waals surface area contributed by atoms with Gasteiger partial charge in [0.05, 0.1) is 23.9 Å². The quantitative estimate of drug-likeness (QED) is 0.189. The van der Waals surface area contributed by atoms with Crippen LogP contribution in [-0.2, 0) is 17.9 Å². The first-order valence-corrected chi connectivity index (χ1v) is 15.9. The number of benzene rings is 3. The van der Waals surface area contributed by atoms with Crippen molar-refractivity contribution < 1.29 is 37.4 Å². The largest absolute Gasteiger partial charge is 0.494 e. The van der Waals surface area contributed by atoms with E-state index in [1.165, 1.54) is 28.6 Å². The molecule has 0 saturated carbocycles. The van der Waals surface area contributed by atoms with Gasteiger partial charge in [-0.25, -0.2) is 4.79 Å². The number of carbonyl (C=O) groups is 3. The molecular formula is C35H32F3N3O6S. The molecule has 0 radical (unpaired) electrons. The van der Waals surface area contributed by atoms with Gasteiger partial charge in [-0.2, -0.15) is 13.2 Å². The van der Waals surface area contributed by atoms with Crippen molar-refractivity contribution in [2.24, 2.45) is 0 Å². The number of thiophene rings is 1. The molecule has 1 saturated heterocycles. The van der Waals surface area contributed by atoms with Crippen molar-refractivity contribution in [3.05, 3.63) is 111 Å². The first-order chi connectivity index (χ1) is 23.0. The predicted octanol–water partition coefficient (Wildman–Crippen LogP) is 6.14. The van der Waals surface area contributed by atoms with Gasteiger partial charge in [0.25, 0.3) is 11.5 Å². The molecule has 1 fully saturated rings. The molecule has 13 heteroatoms. The number of ether oxygens (including phenoxy) is 1. The second-order valence-corrected chi connectivity index (χ2v) is 12.2. The van der Waals surface area contributed by atoms with E-state index in [0.717, 1.165) is 37.9 Å². The first-order valence-electron chi connectivity index (χ1n) is 15.1. The monoisotopic (exact) mass is 679 g/mol. The van der Waals surface area contributed by atoms with Crippen molar-refractivity contribution in [2.75, 3.05) is 20.2 Å². The van der Waals surface area contributed by atoms with E-state index in [-0.39, 0.29) is 35.6 Å². The second kappa shape index (κ2) is 14.8. The second-order valence-electron chi connectivity index (χ2n) is 11.2. The average molecular weight is 680 g/mol. The first kappa shape index (κ1) is 34.3. The van der Waals surface area contributed by atoms with E-state index < -0.39 is 12.1 Å². The molecule has 3 heterocycles. The molecule has 0 aliphatic carbocycles. The zero-order chi connectivity index (χ0) is 34.4. The minimum Gasteiger partial charge on any atom is -0.494 e. The van der Waals surface area contributed by atoms with Crippen LogP contribution in [0.25, 0.3) is 21.0 Å². The van der Waals surface area contributed by atoms with Gasteiger partial charge in [0.2, 0.25) is 0 Å². The Bertz CT molecular complexity index is 1990. The number of aliphatic carboxylic acids is 1. The highest BCUT2D eigenvalue weighted by molar-refractivity contribution is 7.22. The van der Waals surface area contributed by atoms with E-state index in [9.17, 15) is 27.6 Å². The van der Waals surface area contributed by atoms with Crippen molar-refractivity contribution in [2.45, 2.75) is 38.1 Å². The van der Waals surface area contributed by atoms with Gasteiger partial charge in [-0.15, -0.1) is 11.3 Å². The Morgan fingerprint density at radius 1 is 0.938 bits per heavy atom. The number of hydrogen-bond donors (Lipinski definition) is 2. The standard InChI is InChI=1S/C33H31N3O4S.C2HF3O2/c1-40-29-28-30(25-14-8-9-15-26(25)36(33(28)39)21-27(37)23-12-6-3-7-13-23)41-31(29)32(38)34-24-16-18-35(19-17-24)20-22-10-4-2-5-11-22;3-2(4,5)1(6)7/h2-15,24H,16-21H2,1H3,(H,34,38);(H,6,7). The number of halogens is 3. The average Bonchev–Trinajstić information content (AvgIpc) is 3.49. The number of fused-ring (bicyclic) bond motifs is 3. The number of alkyl halides is 3. The summed E-state index contributed by atoms with van der Waals surface area (Å²) in [5.74, 6) is -2.89. The predicted molar refractivity (Wildman–Crippen MR) is 177 cm³/mol. The number of methoxy groups -OCH3 is 1. The fraction of sp³-hybridized carbons (Fsp3) is 0.257. The lowest BCUT2D eigenvalue weighted by atomic mass is 10.0. The third-order valence-corrected chi connectivity index (χ3v) is 9.19. The summed E-state index contributed by atoms with van der Waals surface area (Å²) in [4.78, 5) is 52.3. The Labute approximate surface area is 277 Å². The Morgan fingerprint density at radius 3 is 2.12 bits per heavy atom. The Balaban J connectivity index is 0.000000582. The molecule has 1 amide bonds. The van der Waals surface area contributed by atoms with E-state index in [1.54, 1.807) is 24.3 Å². The Morgan fingerprint density at radius 2 is 1.52 bits per heavy atom. The van der Waals surface area contributed by atoms with Gasteiger partial charge in [0, 0.05) is 36.6 Å². The minimum absolute atomic E-state index is 0.0429. The molecule has 3 aromatic carbocycles. The fourth-order valence-corrected chi connectivity index (χ4v) is 6.83. The summed E-state index contributed by atoms with van der Waals surface area (Å²) < 4.78 is 39.6. The van der Waals surface area contributed by atoms with Gasteiger partial charge in [-0.1, -0.05) is 78.9 Å². The Hall–Kier alpha value is -5.01. The number of likely N-dealkylation sites (tertiary alicyclic amines) is 1. The summed E-state index contributed by atoms with van der Waals surface area (Å²) in [6.45, 7) is 2.58. The van der Waals surface area contributed by atoms with Gasteiger partial charge in [-0.05, 0) is 24.5 Å². The van der Waals surface area contributed by atoms with Crippen molar-refractivity contribution in [1.29, 1.82) is 0 Å². The maximum absolute atomic E-state index is 13.9.